The summed E-state index contributed by atoms with van der Waals surface area (Å²) in [5, 5.41) is 5.27. The first kappa shape index (κ1) is 18.1. The van der Waals surface area contributed by atoms with Gasteiger partial charge in [-0.3, -0.25) is 9.78 Å². The molecule has 1 aromatic heterocycles. The number of amides is 1. The van der Waals surface area contributed by atoms with Gasteiger partial charge in [0.05, 0.1) is 23.1 Å². The van der Waals surface area contributed by atoms with Gasteiger partial charge in [-0.1, -0.05) is 6.07 Å². The lowest BCUT2D eigenvalue weighted by Gasteiger charge is -2.31. The highest BCUT2D eigenvalue weighted by Crippen LogP contribution is 2.34. The molecule has 2 N–H and O–H groups in total. The molecule has 26 heavy (non-hydrogen) atoms. The first-order valence-electron chi connectivity index (χ1n) is 7.94. The predicted octanol–water partition coefficient (Wildman–Crippen LogP) is 2.50. The maximum atomic E-state index is 14.4. The number of nitrogens with one attached hydrogen (secondary N) is 2. The Morgan fingerprint density at radius 3 is 2.65 bits per heavy atom. The van der Waals surface area contributed by atoms with Crippen molar-refractivity contribution in [2.24, 2.45) is 0 Å². The summed E-state index contributed by atoms with van der Waals surface area (Å²) in [5.74, 6) is -9.18. The van der Waals surface area contributed by atoms with Crippen molar-refractivity contribution in [3.63, 3.8) is 0 Å². The highest BCUT2D eigenvalue weighted by atomic mass is 19.3. The molecular formula is C17H16F4N4O. The second-order valence-electron chi connectivity index (χ2n) is 5.76. The summed E-state index contributed by atoms with van der Waals surface area (Å²) in [6.45, 7) is 2.63. The van der Waals surface area contributed by atoms with E-state index in [1.807, 2.05) is 4.90 Å². The van der Waals surface area contributed by atoms with Gasteiger partial charge >= 0.3 is 5.92 Å². The lowest BCUT2D eigenvalue weighted by atomic mass is 10.1. The average molecular weight is 368 g/mol. The summed E-state index contributed by atoms with van der Waals surface area (Å²) in [6.07, 6.45) is 2.81. The number of hydrogen-bond donors (Lipinski definition) is 2. The van der Waals surface area contributed by atoms with Crippen molar-refractivity contribution < 1.29 is 22.4 Å². The molecule has 3 rings (SSSR count). The first-order chi connectivity index (χ1) is 12.4. The van der Waals surface area contributed by atoms with E-state index in [1.54, 1.807) is 0 Å². The average Bonchev–Trinajstić information content (AvgIpc) is 2.65. The number of carbonyl (C=O) groups is 1. The number of aromatic nitrogens is 1. The maximum absolute atomic E-state index is 14.4. The van der Waals surface area contributed by atoms with Gasteiger partial charge in [-0.2, -0.15) is 8.78 Å². The van der Waals surface area contributed by atoms with Crippen molar-refractivity contribution in [3.8, 4) is 0 Å². The van der Waals surface area contributed by atoms with Crippen LogP contribution >= 0.6 is 0 Å². The molecule has 1 saturated heterocycles. The number of halogens is 4. The molecule has 5 nitrogen and oxygen atoms in total. The molecule has 0 atom stereocenters. The van der Waals surface area contributed by atoms with Crippen molar-refractivity contribution in [1.82, 2.24) is 10.3 Å². The van der Waals surface area contributed by atoms with E-state index in [0.29, 0.717) is 44.0 Å². The molecule has 1 fully saturated rings. The van der Waals surface area contributed by atoms with Crippen LogP contribution in [0.2, 0.25) is 0 Å². The standard InChI is InChI=1S/C17H16F4N4O/c18-12-3-1-2-11(15(12)19)17(20,21)16(26)24-13-4-5-23-10-14(13)25-8-6-22-7-9-25/h1-5,10,22H,6-9H2,(H,23,24,26). The third-order valence-electron chi connectivity index (χ3n) is 4.08. The minimum absolute atomic E-state index is 0.128. The number of rotatable bonds is 4. The third-order valence-corrected chi connectivity index (χ3v) is 4.08. The zero-order valence-electron chi connectivity index (χ0n) is 13.6. The first-order valence-corrected chi connectivity index (χ1v) is 7.94. The Balaban J connectivity index is 1.87. The molecule has 1 aliphatic rings. The molecule has 9 heteroatoms. The Morgan fingerprint density at radius 1 is 1.19 bits per heavy atom. The molecule has 1 aliphatic heterocycles. The van der Waals surface area contributed by atoms with E-state index in [-0.39, 0.29) is 5.69 Å². The molecule has 0 radical (unpaired) electrons. The fourth-order valence-corrected chi connectivity index (χ4v) is 2.72. The van der Waals surface area contributed by atoms with Gasteiger partial charge < -0.3 is 15.5 Å². The van der Waals surface area contributed by atoms with Gasteiger partial charge in [0.15, 0.2) is 11.6 Å². The topological polar surface area (TPSA) is 57.3 Å². The number of piperazine rings is 1. The lowest BCUT2D eigenvalue weighted by Crippen LogP contribution is -2.44. The van der Waals surface area contributed by atoms with Crippen molar-refractivity contribution in [2.45, 2.75) is 5.92 Å². The minimum atomic E-state index is -4.24. The monoisotopic (exact) mass is 368 g/mol. The summed E-state index contributed by atoms with van der Waals surface area (Å²) in [4.78, 5) is 18.0. The SMILES string of the molecule is O=C(Nc1ccncc1N1CCNCC1)C(F)(F)c1cccc(F)c1F. The minimum Gasteiger partial charge on any atom is -0.366 e. The van der Waals surface area contributed by atoms with Crippen LogP contribution in [-0.2, 0) is 10.7 Å². The summed E-state index contributed by atoms with van der Waals surface area (Å²) < 4.78 is 55.7. The van der Waals surface area contributed by atoms with E-state index < -0.39 is 29.0 Å². The molecule has 0 saturated carbocycles. The van der Waals surface area contributed by atoms with Gasteiger partial charge in [0.2, 0.25) is 0 Å². The van der Waals surface area contributed by atoms with Gasteiger partial charge in [0.25, 0.3) is 5.91 Å². The number of anilines is 2. The van der Waals surface area contributed by atoms with E-state index >= 15 is 0 Å². The quantitative estimate of drug-likeness (QED) is 0.815. The van der Waals surface area contributed by atoms with Crippen molar-refractivity contribution >= 4 is 17.3 Å². The molecule has 2 heterocycles. The van der Waals surface area contributed by atoms with Crippen LogP contribution in [0, 0.1) is 11.6 Å². The summed E-state index contributed by atoms with van der Waals surface area (Å²) in [7, 11) is 0. The zero-order chi connectivity index (χ0) is 18.7. The summed E-state index contributed by atoms with van der Waals surface area (Å²) >= 11 is 0. The van der Waals surface area contributed by atoms with Crippen LogP contribution in [0.3, 0.4) is 0 Å². The molecular weight excluding hydrogens is 352 g/mol. The van der Waals surface area contributed by atoms with E-state index in [0.717, 1.165) is 6.07 Å². The molecule has 138 valence electrons. The number of hydrogen-bond acceptors (Lipinski definition) is 4. The van der Waals surface area contributed by atoms with Crippen molar-refractivity contribution in [3.05, 3.63) is 53.9 Å². The van der Waals surface area contributed by atoms with Crippen LogP contribution in [0.4, 0.5) is 28.9 Å². The normalized spacial score (nSPS) is 15.0. The van der Waals surface area contributed by atoms with Crippen molar-refractivity contribution in [2.75, 3.05) is 36.4 Å². The molecule has 2 aromatic rings. The molecule has 1 aromatic carbocycles. The van der Waals surface area contributed by atoms with Crippen LogP contribution in [0.15, 0.2) is 36.7 Å². The van der Waals surface area contributed by atoms with Gasteiger partial charge in [0.1, 0.15) is 0 Å². The predicted molar refractivity (Wildman–Crippen MR) is 88.2 cm³/mol. The molecule has 1 amide bonds. The second-order valence-corrected chi connectivity index (χ2v) is 5.76. The Kier molecular flexibility index (Phi) is 5.08. The zero-order valence-corrected chi connectivity index (χ0v) is 13.6. The van der Waals surface area contributed by atoms with E-state index in [4.69, 9.17) is 0 Å². The third kappa shape index (κ3) is 3.48. The number of nitrogens with zero attached hydrogens (tertiary/aromatic N) is 2. The van der Waals surface area contributed by atoms with Crippen LogP contribution in [0.5, 0.6) is 0 Å². The Labute approximate surface area is 147 Å². The summed E-state index contributed by atoms with van der Waals surface area (Å²) in [6, 6.07) is 3.70. The van der Waals surface area contributed by atoms with Gasteiger partial charge in [-0.15, -0.1) is 0 Å². The largest absolute Gasteiger partial charge is 0.366 e. The highest BCUT2D eigenvalue weighted by molar-refractivity contribution is 5.99. The number of pyridine rings is 1. The van der Waals surface area contributed by atoms with E-state index in [1.165, 1.54) is 18.5 Å². The molecule has 0 spiro atoms. The molecule has 0 aliphatic carbocycles. The Morgan fingerprint density at radius 2 is 1.92 bits per heavy atom. The summed E-state index contributed by atoms with van der Waals surface area (Å²) in [5.41, 5.74) is -0.700. The Hall–Kier alpha value is -2.68. The number of alkyl halides is 2. The fraction of sp³-hybridized carbons (Fsp3) is 0.294. The highest BCUT2D eigenvalue weighted by Gasteiger charge is 2.44. The Bertz CT molecular complexity index is 809. The van der Waals surface area contributed by atoms with Crippen LogP contribution in [-0.4, -0.2) is 37.1 Å². The van der Waals surface area contributed by atoms with Crippen LogP contribution in [0.1, 0.15) is 5.56 Å². The molecule has 0 bridgehead atoms. The number of carbonyl (C=O) groups excluding carboxylic acids is 1. The van der Waals surface area contributed by atoms with Crippen LogP contribution in [0.25, 0.3) is 0 Å². The lowest BCUT2D eigenvalue weighted by molar-refractivity contribution is -0.141. The van der Waals surface area contributed by atoms with E-state index in [2.05, 4.69) is 15.6 Å². The van der Waals surface area contributed by atoms with Gasteiger partial charge in [-0.05, 0) is 18.2 Å². The molecule has 0 unspecified atom stereocenters. The van der Waals surface area contributed by atoms with E-state index in [9.17, 15) is 22.4 Å². The van der Waals surface area contributed by atoms with Crippen LogP contribution < -0.4 is 15.5 Å². The fourth-order valence-electron chi connectivity index (χ4n) is 2.72. The smallest absolute Gasteiger partial charge is 0.353 e. The van der Waals surface area contributed by atoms with Gasteiger partial charge in [-0.25, -0.2) is 8.78 Å². The number of benzene rings is 1. The van der Waals surface area contributed by atoms with Crippen molar-refractivity contribution in [1.29, 1.82) is 0 Å². The van der Waals surface area contributed by atoms with Gasteiger partial charge in [0, 0.05) is 32.4 Å². The maximum Gasteiger partial charge on any atom is 0.353 e. The second kappa shape index (κ2) is 7.28.